The van der Waals surface area contributed by atoms with E-state index in [0.29, 0.717) is 25.7 Å². The van der Waals surface area contributed by atoms with Crippen molar-refractivity contribution in [2.75, 3.05) is 25.5 Å². The molecular weight excluding hydrogens is 523 g/mol. The molecule has 9 nitrogen and oxygen atoms in total. The Morgan fingerprint density at radius 1 is 1.22 bits per heavy atom. The zero-order valence-corrected chi connectivity index (χ0v) is 20.3. The standard InChI is InChI=1S/C22H28N6O3.HI/c1-23-22(24-9-5-12-30-17-20-8-3-13-31-20)25-15-18-6-2-7-19(14-18)27-21(29)16-28-11-4-10-26-28;/h2-4,6-8,10-11,13-14H,5,9,12,15-17H2,1H3,(H,27,29)(H2,23,24,25);1H. The molecule has 0 aliphatic heterocycles. The minimum atomic E-state index is -0.124. The van der Waals surface area contributed by atoms with Gasteiger partial charge >= 0.3 is 0 Å². The van der Waals surface area contributed by atoms with Crippen LogP contribution in [0.3, 0.4) is 0 Å². The number of aromatic nitrogens is 2. The van der Waals surface area contributed by atoms with Gasteiger partial charge in [-0.25, -0.2) is 0 Å². The fourth-order valence-corrected chi connectivity index (χ4v) is 2.86. The first-order chi connectivity index (χ1) is 15.2. The van der Waals surface area contributed by atoms with Gasteiger partial charge in [-0.15, -0.1) is 24.0 Å². The quantitative estimate of drug-likeness (QED) is 0.146. The van der Waals surface area contributed by atoms with Crippen LogP contribution in [0.2, 0.25) is 0 Å². The fraction of sp³-hybridized carbons (Fsp3) is 0.318. The topological polar surface area (TPSA) is 106 Å². The van der Waals surface area contributed by atoms with Gasteiger partial charge in [0, 0.05) is 44.8 Å². The zero-order valence-electron chi connectivity index (χ0n) is 18.0. The molecule has 1 amide bonds. The molecule has 0 aliphatic carbocycles. The second-order valence-corrected chi connectivity index (χ2v) is 6.79. The Balaban J connectivity index is 0.00000363. The number of amides is 1. The van der Waals surface area contributed by atoms with Crippen LogP contribution >= 0.6 is 24.0 Å². The second-order valence-electron chi connectivity index (χ2n) is 6.79. The van der Waals surface area contributed by atoms with E-state index >= 15 is 0 Å². The van der Waals surface area contributed by atoms with Crippen molar-refractivity contribution >= 4 is 41.5 Å². The maximum absolute atomic E-state index is 12.1. The van der Waals surface area contributed by atoms with Gasteiger partial charge in [-0.3, -0.25) is 14.5 Å². The molecule has 1 aromatic carbocycles. The Labute approximate surface area is 204 Å². The molecule has 2 heterocycles. The van der Waals surface area contributed by atoms with E-state index in [-0.39, 0.29) is 36.4 Å². The van der Waals surface area contributed by atoms with E-state index < -0.39 is 0 Å². The molecule has 10 heteroatoms. The predicted molar refractivity (Wildman–Crippen MR) is 134 cm³/mol. The van der Waals surface area contributed by atoms with Crippen LogP contribution in [-0.2, 0) is 29.2 Å². The Morgan fingerprint density at radius 2 is 2.12 bits per heavy atom. The highest BCUT2D eigenvalue weighted by molar-refractivity contribution is 14.0. The number of nitrogens with zero attached hydrogens (tertiary/aromatic N) is 3. The minimum absolute atomic E-state index is 0. The molecule has 3 rings (SSSR count). The van der Waals surface area contributed by atoms with Crippen molar-refractivity contribution in [3.8, 4) is 0 Å². The number of rotatable bonds is 11. The molecule has 3 aromatic rings. The van der Waals surface area contributed by atoms with Gasteiger partial charge in [0.1, 0.15) is 18.9 Å². The predicted octanol–water partition coefficient (Wildman–Crippen LogP) is 3.00. The first-order valence-electron chi connectivity index (χ1n) is 10.1. The molecular formula is C22H29IN6O3. The number of hydrogen-bond acceptors (Lipinski definition) is 5. The number of ether oxygens (including phenoxy) is 1. The lowest BCUT2D eigenvalue weighted by Gasteiger charge is -2.13. The Kier molecular flexibility index (Phi) is 11.3. The Bertz CT molecular complexity index is 945. The zero-order chi connectivity index (χ0) is 21.7. The van der Waals surface area contributed by atoms with Gasteiger partial charge in [-0.1, -0.05) is 12.1 Å². The summed E-state index contributed by atoms with van der Waals surface area (Å²) in [6.07, 6.45) is 5.89. The molecule has 0 saturated heterocycles. The maximum Gasteiger partial charge on any atom is 0.246 e. The molecule has 0 fully saturated rings. The van der Waals surface area contributed by atoms with E-state index in [1.54, 1.807) is 36.5 Å². The smallest absolute Gasteiger partial charge is 0.246 e. The Morgan fingerprint density at radius 3 is 2.88 bits per heavy atom. The number of guanidine groups is 1. The number of carbonyl (C=O) groups is 1. The van der Waals surface area contributed by atoms with Crippen molar-refractivity contribution in [3.63, 3.8) is 0 Å². The van der Waals surface area contributed by atoms with Crippen LogP contribution in [-0.4, -0.2) is 41.8 Å². The van der Waals surface area contributed by atoms with E-state index in [9.17, 15) is 4.79 Å². The van der Waals surface area contributed by atoms with E-state index in [2.05, 4.69) is 26.0 Å². The third-order valence-electron chi connectivity index (χ3n) is 4.34. The lowest BCUT2D eigenvalue weighted by molar-refractivity contribution is -0.116. The molecule has 0 aliphatic rings. The number of anilines is 1. The van der Waals surface area contributed by atoms with E-state index in [4.69, 9.17) is 9.15 Å². The summed E-state index contributed by atoms with van der Waals surface area (Å²) in [6, 6.07) is 13.2. The summed E-state index contributed by atoms with van der Waals surface area (Å²) in [4.78, 5) is 16.4. The third-order valence-corrected chi connectivity index (χ3v) is 4.34. The molecule has 0 atom stereocenters. The highest BCUT2D eigenvalue weighted by Gasteiger charge is 2.05. The molecule has 0 bridgehead atoms. The van der Waals surface area contributed by atoms with Gasteiger partial charge < -0.3 is 25.1 Å². The molecule has 0 radical (unpaired) electrons. The van der Waals surface area contributed by atoms with Crippen LogP contribution < -0.4 is 16.0 Å². The van der Waals surface area contributed by atoms with Crippen LogP contribution in [0.25, 0.3) is 0 Å². The summed E-state index contributed by atoms with van der Waals surface area (Å²) in [7, 11) is 1.73. The largest absolute Gasteiger partial charge is 0.467 e. The molecule has 172 valence electrons. The van der Waals surface area contributed by atoms with Gasteiger partial charge in [-0.2, -0.15) is 5.10 Å². The second kappa shape index (κ2) is 14.2. The first kappa shape index (κ1) is 25.4. The molecule has 2 aromatic heterocycles. The average molecular weight is 552 g/mol. The number of carbonyl (C=O) groups excluding carboxylic acids is 1. The third kappa shape index (κ3) is 9.10. The van der Waals surface area contributed by atoms with Crippen molar-refractivity contribution in [3.05, 3.63) is 72.4 Å². The van der Waals surface area contributed by atoms with Crippen molar-refractivity contribution in [1.29, 1.82) is 0 Å². The maximum atomic E-state index is 12.1. The number of nitrogens with one attached hydrogen (secondary N) is 3. The van der Waals surface area contributed by atoms with Crippen LogP contribution in [0.4, 0.5) is 5.69 Å². The highest BCUT2D eigenvalue weighted by Crippen LogP contribution is 2.10. The Hall–Kier alpha value is -2.86. The number of hydrogen-bond donors (Lipinski definition) is 3. The van der Waals surface area contributed by atoms with Gasteiger partial charge in [0.05, 0.1) is 6.26 Å². The lowest BCUT2D eigenvalue weighted by atomic mass is 10.2. The minimum Gasteiger partial charge on any atom is -0.467 e. The van der Waals surface area contributed by atoms with Crippen LogP contribution in [0.1, 0.15) is 17.7 Å². The van der Waals surface area contributed by atoms with Gasteiger partial charge in [0.15, 0.2) is 5.96 Å². The summed E-state index contributed by atoms with van der Waals surface area (Å²) in [5.74, 6) is 1.41. The lowest BCUT2D eigenvalue weighted by Crippen LogP contribution is -2.37. The first-order valence-corrected chi connectivity index (χ1v) is 10.1. The average Bonchev–Trinajstić information content (AvgIpc) is 3.47. The van der Waals surface area contributed by atoms with Crippen molar-refractivity contribution in [2.45, 2.75) is 26.1 Å². The molecule has 0 unspecified atom stereocenters. The number of aliphatic imine (C=N–C) groups is 1. The molecule has 32 heavy (non-hydrogen) atoms. The number of benzene rings is 1. The van der Waals surface area contributed by atoms with E-state index in [1.165, 1.54) is 0 Å². The summed E-state index contributed by atoms with van der Waals surface area (Å²) in [5.41, 5.74) is 1.77. The van der Waals surface area contributed by atoms with Gasteiger partial charge in [-0.05, 0) is 42.3 Å². The summed E-state index contributed by atoms with van der Waals surface area (Å²) in [5, 5.41) is 13.5. The van der Waals surface area contributed by atoms with Crippen LogP contribution in [0, 0.1) is 0 Å². The van der Waals surface area contributed by atoms with E-state index in [0.717, 1.165) is 30.0 Å². The van der Waals surface area contributed by atoms with Gasteiger partial charge in [0.25, 0.3) is 0 Å². The number of furan rings is 1. The summed E-state index contributed by atoms with van der Waals surface area (Å²) in [6.45, 7) is 2.61. The summed E-state index contributed by atoms with van der Waals surface area (Å²) < 4.78 is 12.4. The fourth-order valence-electron chi connectivity index (χ4n) is 2.86. The molecule has 0 spiro atoms. The normalized spacial score (nSPS) is 11.0. The molecule has 3 N–H and O–H groups in total. The van der Waals surface area contributed by atoms with E-state index in [1.807, 2.05) is 36.4 Å². The van der Waals surface area contributed by atoms with Gasteiger partial charge in [0.2, 0.25) is 5.91 Å². The van der Waals surface area contributed by atoms with Crippen molar-refractivity contribution in [1.82, 2.24) is 20.4 Å². The highest BCUT2D eigenvalue weighted by atomic mass is 127. The van der Waals surface area contributed by atoms with Crippen molar-refractivity contribution in [2.24, 2.45) is 4.99 Å². The molecule has 0 saturated carbocycles. The SMILES string of the molecule is CN=C(NCCCOCc1ccco1)NCc1cccc(NC(=O)Cn2cccn2)c1.I. The summed E-state index contributed by atoms with van der Waals surface area (Å²) >= 11 is 0. The van der Waals surface area contributed by atoms with Crippen molar-refractivity contribution < 1.29 is 13.9 Å². The van der Waals surface area contributed by atoms with Crippen LogP contribution in [0.15, 0.2) is 70.5 Å². The monoisotopic (exact) mass is 552 g/mol. The van der Waals surface area contributed by atoms with Crippen LogP contribution in [0.5, 0.6) is 0 Å². The number of halogens is 1.